The van der Waals surface area contributed by atoms with Crippen LogP contribution in [0.15, 0.2) is 40.9 Å². The second-order valence-electron chi connectivity index (χ2n) is 5.11. The van der Waals surface area contributed by atoms with Gasteiger partial charge in [-0.25, -0.2) is 0 Å². The molecule has 120 valence electrons. The molecule has 0 unspecified atom stereocenters. The van der Waals surface area contributed by atoms with Gasteiger partial charge in [-0.15, -0.1) is 0 Å². The van der Waals surface area contributed by atoms with Gasteiger partial charge in [0, 0.05) is 16.2 Å². The number of benzene rings is 2. The number of fused-ring (bicyclic) bond motifs is 1. The lowest BCUT2D eigenvalue weighted by molar-refractivity contribution is -0.118. The average molecular weight is 378 g/mol. The fraction of sp³-hybridized carbons (Fsp3) is 0.235. The van der Waals surface area contributed by atoms with Crippen molar-refractivity contribution in [2.75, 3.05) is 25.1 Å². The molecule has 0 aromatic heterocycles. The molecular weight excluding hydrogens is 362 g/mol. The molecule has 0 spiro atoms. The number of ether oxygens (including phenoxy) is 3. The van der Waals surface area contributed by atoms with Crippen LogP contribution in [0.4, 0.5) is 5.69 Å². The molecule has 1 heterocycles. The van der Waals surface area contributed by atoms with Crippen LogP contribution in [0.3, 0.4) is 0 Å². The highest BCUT2D eigenvalue weighted by atomic mass is 79.9. The molecule has 6 heteroatoms. The molecule has 0 aliphatic carbocycles. The standard InChI is InChI=1S/C17H16BrNO4/c1-11-8-12(18)2-4-14(11)23-10-17(20)19-13-3-5-15-16(9-13)22-7-6-21-15/h2-5,8-9H,6-7,10H2,1H3,(H,19,20). The van der Waals surface area contributed by atoms with Gasteiger partial charge in [0.2, 0.25) is 0 Å². The van der Waals surface area contributed by atoms with E-state index in [-0.39, 0.29) is 12.5 Å². The maximum Gasteiger partial charge on any atom is 0.262 e. The van der Waals surface area contributed by atoms with Crippen molar-refractivity contribution in [2.45, 2.75) is 6.92 Å². The lowest BCUT2D eigenvalue weighted by atomic mass is 10.2. The average Bonchev–Trinajstić information content (AvgIpc) is 2.54. The number of hydrogen-bond donors (Lipinski definition) is 1. The van der Waals surface area contributed by atoms with Crippen molar-refractivity contribution in [1.82, 2.24) is 0 Å². The number of aryl methyl sites for hydroxylation is 1. The van der Waals surface area contributed by atoms with Crippen molar-refractivity contribution in [3.8, 4) is 17.2 Å². The van der Waals surface area contributed by atoms with Crippen molar-refractivity contribution in [2.24, 2.45) is 0 Å². The summed E-state index contributed by atoms with van der Waals surface area (Å²) in [5.41, 5.74) is 1.61. The monoisotopic (exact) mass is 377 g/mol. The SMILES string of the molecule is Cc1cc(Br)ccc1OCC(=O)Nc1ccc2c(c1)OCCO2. The number of amides is 1. The highest BCUT2D eigenvalue weighted by Gasteiger charge is 2.13. The van der Waals surface area contributed by atoms with E-state index >= 15 is 0 Å². The van der Waals surface area contributed by atoms with Crippen LogP contribution >= 0.6 is 15.9 Å². The lowest BCUT2D eigenvalue weighted by Crippen LogP contribution is -2.21. The topological polar surface area (TPSA) is 56.8 Å². The maximum atomic E-state index is 12.0. The Labute approximate surface area is 142 Å². The van der Waals surface area contributed by atoms with Crippen LogP contribution in [0, 0.1) is 6.92 Å². The molecule has 0 radical (unpaired) electrons. The van der Waals surface area contributed by atoms with Gasteiger partial charge in [-0.3, -0.25) is 4.79 Å². The molecule has 1 aliphatic heterocycles. The Kier molecular flexibility index (Phi) is 4.71. The summed E-state index contributed by atoms with van der Waals surface area (Å²) in [5.74, 6) is 1.78. The number of anilines is 1. The maximum absolute atomic E-state index is 12.0. The zero-order valence-electron chi connectivity index (χ0n) is 12.6. The zero-order valence-corrected chi connectivity index (χ0v) is 14.2. The van der Waals surface area contributed by atoms with Crippen molar-refractivity contribution in [3.05, 3.63) is 46.4 Å². The fourth-order valence-electron chi connectivity index (χ4n) is 2.24. The van der Waals surface area contributed by atoms with Crippen molar-refractivity contribution >= 4 is 27.5 Å². The molecule has 2 aromatic rings. The fourth-order valence-corrected chi connectivity index (χ4v) is 2.71. The minimum Gasteiger partial charge on any atom is -0.486 e. The predicted molar refractivity (Wildman–Crippen MR) is 90.4 cm³/mol. The van der Waals surface area contributed by atoms with E-state index in [1.807, 2.05) is 25.1 Å². The highest BCUT2D eigenvalue weighted by Crippen LogP contribution is 2.32. The molecule has 2 aromatic carbocycles. The number of halogens is 1. The third-order valence-electron chi connectivity index (χ3n) is 3.32. The molecular formula is C17H16BrNO4. The second-order valence-corrected chi connectivity index (χ2v) is 6.02. The van der Waals surface area contributed by atoms with Gasteiger partial charge in [-0.2, -0.15) is 0 Å². The van der Waals surface area contributed by atoms with Gasteiger partial charge in [-0.1, -0.05) is 15.9 Å². The van der Waals surface area contributed by atoms with Crippen molar-refractivity contribution < 1.29 is 19.0 Å². The van der Waals surface area contributed by atoms with Gasteiger partial charge < -0.3 is 19.5 Å². The number of nitrogens with one attached hydrogen (secondary N) is 1. The molecule has 0 fully saturated rings. The van der Waals surface area contributed by atoms with Crippen LogP contribution in [0.2, 0.25) is 0 Å². The van der Waals surface area contributed by atoms with Gasteiger partial charge in [0.1, 0.15) is 19.0 Å². The molecule has 23 heavy (non-hydrogen) atoms. The Morgan fingerprint density at radius 1 is 1.17 bits per heavy atom. The molecule has 1 N–H and O–H groups in total. The summed E-state index contributed by atoms with van der Waals surface area (Å²) >= 11 is 3.39. The van der Waals surface area contributed by atoms with Crippen molar-refractivity contribution in [1.29, 1.82) is 0 Å². The van der Waals surface area contributed by atoms with Crippen LogP contribution in [-0.2, 0) is 4.79 Å². The third kappa shape index (κ3) is 3.96. The number of hydrogen-bond acceptors (Lipinski definition) is 4. The van der Waals surface area contributed by atoms with E-state index in [0.29, 0.717) is 36.1 Å². The Bertz CT molecular complexity index is 733. The second kappa shape index (κ2) is 6.91. The van der Waals surface area contributed by atoms with Gasteiger partial charge in [0.05, 0.1) is 0 Å². The summed E-state index contributed by atoms with van der Waals surface area (Å²) in [6.07, 6.45) is 0. The van der Waals surface area contributed by atoms with Crippen LogP contribution in [0.5, 0.6) is 17.2 Å². The van der Waals surface area contributed by atoms with Gasteiger partial charge in [0.15, 0.2) is 18.1 Å². The summed E-state index contributed by atoms with van der Waals surface area (Å²) in [6, 6.07) is 10.9. The highest BCUT2D eigenvalue weighted by molar-refractivity contribution is 9.10. The van der Waals surface area contributed by atoms with E-state index in [1.165, 1.54) is 0 Å². The zero-order chi connectivity index (χ0) is 16.2. The summed E-state index contributed by atoms with van der Waals surface area (Å²) in [6.45, 7) is 2.92. The van der Waals surface area contributed by atoms with E-state index in [0.717, 1.165) is 10.0 Å². The lowest BCUT2D eigenvalue weighted by Gasteiger charge is -2.19. The van der Waals surface area contributed by atoms with Crippen LogP contribution in [0.25, 0.3) is 0 Å². The molecule has 1 aliphatic rings. The summed E-state index contributed by atoms with van der Waals surface area (Å²) in [4.78, 5) is 12.0. The van der Waals surface area contributed by atoms with E-state index in [1.54, 1.807) is 18.2 Å². The summed E-state index contributed by atoms with van der Waals surface area (Å²) in [5, 5.41) is 2.78. The first kappa shape index (κ1) is 15.7. The largest absolute Gasteiger partial charge is 0.486 e. The Hall–Kier alpha value is -2.21. The van der Waals surface area contributed by atoms with E-state index < -0.39 is 0 Å². The summed E-state index contributed by atoms with van der Waals surface area (Å²) < 4.78 is 17.5. The molecule has 3 rings (SSSR count). The molecule has 0 atom stereocenters. The van der Waals surface area contributed by atoms with Gasteiger partial charge in [-0.05, 0) is 42.8 Å². The molecule has 5 nitrogen and oxygen atoms in total. The first-order chi connectivity index (χ1) is 11.1. The minimum atomic E-state index is -0.232. The molecule has 0 saturated heterocycles. The minimum absolute atomic E-state index is 0.0586. The van der Waals surface area contributed by atoms with E-state index in [9.17, 15) is 4.79 Å². The number of carbonyl (C=O) groups excluding carboxylic acids is 1. The molecule has 1 amide bonds. The quantitative estimate of drug-likeness (QED) is 0.884. The van der Waals surface area contributed by atoms with Crippen LogP contribution in [0.1, 0.15) is 5.56 Å². The number of carbonyl (C=O) groups is 1. The predicted octanol–water partition coefficient (Wildman–Crippen LogP) is 3.55. The van der Waals surface area contributed by atoms with E-state index in [2.05, 4.69) is 21.2 Å². The third-order valence-corrected chi connectivity index (χ3v) is 3.81. The normalized spacial score (nSPS) is 12.6. The Morgan fingerprint density at radius 3 is 2.74 bits per heavy atom. The van der Waals surface area contributed by atoms with Gasteiger partial charge >= 0.3 is 0 Å². The van der Waals surface area contributed by atoms with Crippen LogP contribution in [-0.4, -0.2) is 25.7 Å². The Morgan fingerprint density at radius 2 is 1.96 bits per heavy atom. The summed E-state index contributed by atoms with van der Waals surface area (Å²) in [7, 11) is 0. The Balaban J connectivity index is 1.59. The molecule has 0 saturated carbocycles. The smallest absolute Gasteiger partial charge is 0.262 e. The van der Waals surface area contributed by atoms with Crippen molar-refractivity contribution in [3.63, 3.8) is 0 Å². The molecule has 0 bridgehead atoms. The number of rotatable bonds is 4. The first-order valence-corrected chi connectivity index (χ1v) is 7.99. The van der Waals surface area contributed by atoms with E-state index in [4.69, 9.17) is 14.2 Å². The first-order valence-electron chi connectivity index (χ1n) is 7.20. The van der Waals surface area contributed by atoms with Gasteiger partial charge in [0.25, 0.3) is 5.91 Å². The van der Waals surface area contributed by atoms with Crippen LogP contribution < -0.4 is 19.5 Å².